The van der Waals surface area contributed by atoms with Crippen LogP contribution in [0.3, 0.4) is 0 Å². The van der Waals surface area contributed by atoms with Crippen LogP contribution in [0.1, 0.15) is 22.8 Å². The van der Waals surface area contributed by atoms with Gasteiger partial charge in [-0.25, -0.2) is 9.59 Å². The summed E-state index contributed by atoms with van der Waals surface area (Å²) in [6.07, 6.45) is 0.609. The smallest absolute Gasteiger partial charge is 0.335 e. The Hall–Kier alpha value is -2.04. The SMILES string of the molecule is CCNC(=O)NCCc1cccc(C(=O)O)c1. The number of nitrogens with one attached hydrogen (secondary N) is 2. The summed E-state index contributed by atoms with van der Waals surface area (Å²) in [4.78, 5) is 21.8. The lowest BCUT2D eigenvalue weighted by Gasteiger charge is -2.06. The van der Waals surface area contributed by atoms with E-state index in [1.165, 1.54) is 0 Å². The third-order valence-electron chi connectivity index (χ3n) is 2.21. The number of carboxylic acids is 1. The maximum absolute atomic E-state index is 11.1. The summed E-state index contributed by atoms with van der Waals surface area (Å²) in [5.74, 6) is -0.941. The Bertz CT molecular complexity index is 404. The predicted molar refractivity (Wildman–Crippen MR) is 64.2 cm³/mol. The average Bonchev–Trinajstić information content (AvgIpc) is 2.30. The lowest BCUT2D eigenvalue weighted by atomic mass is 10.1. The molecule has 0 aromatic heterocycles. The van der Waals surface area contributed by atoms with E-state index in [1.54, 1.807) is 18.2 Å². The monoisotopic (exact) mass is 236 g/mol. The average molecular weight is 236 g/mol. The van der Waals surface area contributed by atoms with E-state index in [0.717, 1.165) is 5.56 Å². The Kier molecular flexibility index (Phi) is 5.00. The van der Waals surface area contributed by atoms with Gasteiger partial charge in [-0.15, -0.1) is 0 Å². The Morgan fingerprint density at radius 1 is 1.29 bits per heavy atom. The zero-order valence-corrected chi connectivity index (χ0v) is 9.69. The van der Waals surface area contributed by atoms with Crippen LogP contribution in [0.5, 0.6) is 0 Å². The highest BCUT2D eigenvalue weighted by atomic mass is 16.4. The van der Waals surface area contributed by atoms with Gasteiger partial charge in [0.15, 0.2) is 0 Å². The van der Waals surface area contributed by atoms with Crippen molar-refractivity contribution in [3.63, 3.8) is 0 Å². The lowest BCUT2D eigenvalue weighted by molar-refractivity contribution is 0.0696. The molecule has 0 spiro atoms. The Morgan fingerprint density at radius 2 is 2.06 bits per heavy atom. The number of rotatable bonds is 5. The molecule has 1 aromatic carbocycles. The van der Waals surface area contributed by atoms with Crippen molar-refractivity contribution in [1.29, 1.82) is 0 Å². The molecular formula is C12H16N2O3. The summed E-state index contributed by atoms with van der Waals surface area (Å²) in [6.45, 7) is 2.91. The third-order valence-corrected chi connectivity index (χ3v) is 2.21. The van der Waals surface area contributed by atoms with Gasteiger partial charge in [0.05, 0.1) is 5.56 Å². The maximum atomic E-state index is 11.1. The molecule has 5 heteroatoms. The van der Waals surface area contributed by atoms with Gasteiger partial charge in [-0.2, -0.15) is 0 Å². The molecule has 0 unspecified atom stereocenters. The maximum Gasteiger partial charge on any atom is 0.335 e. The van der Waals surface area contributed by atoms with Gasteiger partial charge in [-0.3, -0.25) is 0 Å². The summed E-state index contributed by atoms with van der Waals surface area (Å²) in [5, 5.41) is 14.1. The summed E-state index contributed by atoms with van der Waals surface area (Å²) in [5.41, 5.74) is 1.15. The van der Waals surface area contributed by atoms with Crippen molar-refractivity contribution in [2.75, 3.05) is 13.1 Å². The van der Waals surface area contributed by atoms with Crippen molar-refractivity contribution < 1.29 is 14.7 Å². The molecule has 2 amide bonds. The van der Waals surface area contributed by atoms with Crippen molar-refractivity contribution >= 4 is 12.0 Å². The molecule has 5 nitrogen and oxygen atoms in total. The highest BCUT2D eigenvalue weighted by Gasteiger charge is 2.03. The van der Waals surface area contributed by atoms with Crippen LogP contribution in [0, 0.1) is 0 Å². The number of hydrogen-bond acceptors (Lipinski definition) is 2. The fraction of sp³-hybridized carbons (Fsp3) is 0.333. The molecule has 1 aromatic rings. The van der Waals surface area contributed by atoms with Gasteiger partial charge in [0.2, 0.25) is 0 Å². The number of carboxylic acid groups (broad SMARTS) is 1. The molecule has 0 atom stereocenters. The predicted octanol–water partition coefficient (Wildman–Crippen LogP) is 1.25. The second-order valence-corrected chi connectivity index (χ2v) is 3.54. The molecule has 0 radical (unpaired) electrons. The first kappa shape index (κ1) is 13.0. The number of aromatic carboxylic acids is 1. The van der Waals surface area contributed by atoms with Crippen molar-refractivity contribution in [2.45, 2.75) is 13.3 Å². The molecule has 0 fully saturated rings. The van der Waals surface area contributed by atoms with Crippen molar-refractivity contribution in [3.05, 3.63) is 35.4 Å². The minimum Gasteiger partial charge on any atom is -0.478 e. The molecule has 0 aliphatic rings. The molecule has 3 N–H and O–H groups in total. The number of amides is 2. The van der Waals surface area contributed by atoms with Gasteiger partial charge in [-0.05, 0) is 31.0 Å². The van der Waals surface area contributed by atoms with E-state index in [0.29, 0.717) is 19.5 Å². The molecule has 1 rings (SSSR count). The van der Waals surface area contributed by atoms with E-state index in [-0.39, 0.29) is 11.6 Å². The van der Waals surface area contributed by atoms with Crippen molar-refractivity contribution in [1.82, 2.24) is 10.6 Å². The molecule has 92 valence electrons. The van der Waals surface area contributed by atoms with E-state index < -0.39 is 5.97 Å². The molecule has 0 saturated heterocycles. The zero-order chi connectivity index (χ0) is 12.7. The number of benzene rings is 1. The molecule has 0 saturated carbocycles. The molecule has 17 heavy (non-hydrogen) atoms. The molecule has 0 heterocycles. The van der Waals surface area contributed by atoms with Crippen LogP contribution >= 0.6 is 0 Å². The summed E-state index contributed by atoms with van der Waals surface area (Å²) < 4.78 is 0. The van der Waals surface area contributed by atoms with E-state index >= 15 is 0 Å². The van der Waals surface area contributed by atoms with Crippen LogP contribution in [0.15, 0.2) is 24.3 Å². The quantitative estimate of drug-likeness (QED) is 0.719. The zero-order valence-electron chi connectivity index (χ0n) is 9.69. The molecular weight excluding hydrogens is 220 g/mol. The van der Waals surface area contributed by atoms with Crippen LogP contribution in [0.4, 0.5) is 4.79 Å². The first-order valence-electron chi connectivity index (χ1n) is 5.47. The fourth-order valence-corrected chi connectivity index (χ4v) is 1.40. The highest BCUT2D eigenvalue weighted by Crippen LogP contribution is 2.05. The summed E-state index contributed by atoms with van der Waals surface area (Å²) in [6, 6.07) is 6.49. The lowest BCUT2D eigenvalue weighted by Crippen LogP contribution is -2.36. The number of carbonyl (C=O) groups excluding carboxylic acids is 1. The normalized spacial score (nSPS) is 9.71. The number of urea groups is 1. The second kappa shape index (κ2) is 6.52. The van der Waals surface area contributed by atoms with Crippen molar-refractivity contribution in [2.24, 2.45) is 0 Å². The largest absolute Gasteiger partial charge is 0.478 e. The van der Waals surface area contributed by atoms with E-state index in [4.69, 9.17) is 5.11 Å². The van der Waals surface area contributed by atoms with Crippen LogP contribution in [-0.2, 0) is 6.42 Å². The minimum atomic E-state index is -0.941. The summed E-state index contributed by atoms with van der Waals surface area (Å²) in [7, 11) is 0. The Balaban J connectivity index is 2.44. The number of hydrogen-bond donors (Lipinski definition) is 3. The van der Waals surface area contributed by atoms with Gasteiger partial charge < -0.3 is 15.7 Å². The van der Waals surface area contributed by atoms with E-state index in [1.807, 2.05) is 13.0 Å². The van der Waals surface area contributed by atoms with Gasteiger partial charge >= 0.3 is 12.0 Å². The van der Waals surface area contributed by atoms with Crippen LogP contribution in [-0.4, -0.2) is 30.2 Å². The van der Waals surface area contributed by atoms with Gasteiger partial charge in [0.1, 0.15) is 0 Å². The van der Waals surface area contributed by atoms with E-state index in [2.05, 4.69) is 10.6 Å². The first-order chi connectivity index (χ1) is 8.13. The van der Waals surface area contributed by atoms with Gasteiger partial charge in [0.25, 0.3) is 0 Å². The van der Waals surface area contributed by atoms with Crippen LogP contribution in [0.25, 0.3) is 0 Å². The molecule has 0 aliphatic heterocycles. The minimum absolute atomic E-state index is 0.207. The number of carbonyl (C=O) groups is 2. The molecule has 0 aliphatic carbocycles. The fourth-order valence-electron chi connectivity index (χ4n) is 1.40. The van der Waals surface area contributed by atoms with E-state index in [9.17, 15) is 9.59 Å². The first-order valence-corrected chi connectivity index (χ1v) is 5.47. The molecule has 0 bridgehead atoms. The second-order valence-electron chi connectivity index (χ2n) is 3.54. The van der Waals surface area contributed by atoms with Crippen LogP contribution in [0.2, 0.25) is 0 Å². The van der Waals surface area contributed by atoms with Gasteiger partial charge in [-0.1, -0.05) is 12.1 Å². The highest BCUT2D eigenvalue weighted by molar-refractivity contribution is 5.87. The Labute approximate surface area is 99.8 Å². The summed E-state index contributed by atoms with van der Waals surface area (Å²) >= 11 is 0. The van der Waals surface area contributed by atoms with Crippen LogP contribution < -0.4 is 10.6 Å². The third kappa shape index (κ3) is 4.55. The van der Waals surface area contributed by atoms with Crippen molar-refractivity contribution in [3.8, 4) is 0 Å². The Morgan fingerprint density at radius 3 is 2.71 bits per heavy atom. The topological polar surface area (TPSA) is 78.4 Å². The van der Waals surface area contributed by atoms with Gasteiger partial charge in [0, 0.05) is 13.1 Å². The standard InChI is InChI=1S/C12H16N2O3/c1-2-13-12(17)14-7-6-9-4-3-5-10(8-9)11(15)16/h3-5,8H,2,6-7H2,1H3,(H,15,16)(H2,13,14,17).